The van der Waals surface area contributed by atoms with Crippen LogP contribution in [0.5, 0.6) is 11.5 Å². The largest absolute Gasteiger partial charge is 0.480 e. The second kappa shape index (κ2) is 9.26. The maximum absolute atomic E-state index is 12.3. The van der Waals surface area contributed by atoms with E-state index in [1.54, 1.807) is 24.3 Å². The van der Waals surface area contributed by atoms with Crippen LogP contribution in [0.25, 0.3) is 11.6 Å². The molecule has 1 aliphatic heterocycles. The molecule has 3 aromatic rings. The first-order valence-corrected chi connectivity index (χ1v) is 9.83. The summed E-state index contributed by atoms with van der Waals surface area (Å²) in [6.07, 6.45) is 2.08. The van der Waals surface area contributed by atoms with Crippen LogP contribution >= 0.6 is 12.4 Å². The first-order valence-electron chi connectivity index (χ1n) is 9.83. The molecule has 0 spiro atoms. The van der Waals surface area contributed by atoms with Crippen LogP contribution in [0.3, 0.4) is 0 Å². The summed E-state index contributed by atoms with van der Waals surface area (Å²) in [6.45, 7) is 1.49. The molecule has 1 atom stereocenters. The van der Waals surface area contributed by atoms with Gasteiger partial charge in [0, 0.05) is 23.2 Å². The molecule has 6 nitrogen and oxygen atoms in total. The highest BCUT2D eigenvalue weighted by molar-refractivity contribution is 6.34. The van der Waals surface area contributed by atoms with Gasteiger partial charge in [-0.15, -0.1) is 12.4 Å². The van der Waals surface area contributed by atoms with Crippen molar-refractivity contribution in [3.8, 4) is 11.5 Å². The van der Waals surface area contributed by atoms with Gasteiger partial charge in [0.25, 0.3) is 5.91 Å². The van der Waals surface area contributed by atoms with Gasteiger partial charge in [0.1, 0.15) is 17.0 Å². The number of carbonyl (C=O) groups excluding carboxylic acids is 1. The smallest absolute Gasteiger partial charge is 0.323 e. The van der Waals surface area contributed by atoms with Gasteiger partial charge in [-0.25, -0.2) is 0 Å². The molecule has 7 heteroatoms. The Hall–Kier alpha value is -3.61. The summed E-state index contributed by atoms with van der Waals surface area (Å²) in [6, 6.07) is 22.2. The molecule has 0 radical (unpaired) electrons. The standard InChI is InChI=1S/C25H22N2O4.ClH/c1-25(26,24(29)30)15-17-8-12-19(13-9-17)31-18-10-6-16(7-11-18)14-21-20-4-2-3-5-22(20)27-23(21)28;/h2-14H,15,26H2,1H3,(H,27,28)(H,29,30);1H. The zero-order valence-electron chi connectivity index (χ0n) is 17.4. The quantitative estimate of drug-likeness (QED) is 0.471. The van der Waals surface area contributed by atoms with Crippen LogP contribution in [0.15, 0.2) is 72.8 Å². The molecule has 0 fully saturated rings. The van der Waals surface area contributed by atoms with Crippen LogP contribution in [0, 0.1) is 0 Å². The molecule has 4 N–H and O–H groups in total. The first-order chi connectivity index (χ1) is 14.8. The van der Waals surface area contributed by atoms with E-state index in [2.05, 4.69) is 5.32 Å². The fourth-order valence-electron chi connectivity index (χ4n) is 3.39. The van der Waals surface area contributed by atoms with Gasteiger partial charge in [-0.1, -0.05) is 42.5 Å². The molecular formula is C25H23ClN2O4. The van der Waals surface area contributed by atoms with Crippen molar-refractivity contribution in [2.45, 2.75) is 18.9 Å². The van der Waals surface area contributed by atoms with E-state index in [4.69, 9.17) is 15.6 Å². The maximum Gasteiger partial charge on any atom is 0.323 e. The van der Waals surface area contributed by atoms with E-state index in [1.807, 2.05) is 54.6 Å². The van der Waals surface area contributed by atoms with E-state index < -0.39 is 11.5 Å². The summed E-state index contributed by atoms with van der Waals surface area (Å²) in [7, 11) is 0. The third-order valence-electron chi connectivity index (χ3n) is 5.12. The number of carboxylic acids is 1. The SMILES string of the molecule is CC(N)(Cc1ccc(Oc2ccc(C=C3C(=O)Nc4ccccc43)cc2)cc1)C(=O)O.Cl. The summed E-state index contributed by atoms with van der Waals surface area (Å²) in [4.78, 5) is 23.4. The van der Waals surface area contributed by atoms with Crippen molar-refractivity contribution in [1.29, 1.82) is 0 Å². The summed E-state index contributed by atoms with van der Waals surface area (Å²) in [5, 5.41) is 12.0. The number of carbonyl (C=O) groups is 2. The average Bonchev–Trinajstić information content (AvgIpc) is 3.06. The first kappa shape index (κ1) is 23.1. The number of anilines is 1. The summed E-state index contributed by atoms with van der Waals surface area (Å²) >= 11 is 0. The van der Waals surface area contributed by atoms with Gasteiger partial charge < -0.3 is 20.9 Å². The maximum atomic E-state index is 12.3. The molecular weight excluding hydrogens is 428 g/mol. The number of fused-ring (bicyclic) bond motifs is 1. The predicted molar refractivity (Wildman–Crippen MR) is 127 cm³/mol. The van der Waals surface area contributed by atoms with Crippen molar-refractivity contribution in [2.24, 2.45) is 5.73 Å². The Morgan fingerprint density at radius 3 is 2.25 bits per heavy atom. The molecule has 0 saturated heterocycles. The van der Waals surface area contributed by atoms with Crippen molar-refractivity contribution in [3.05, 3.63) is 89.5 Å². The number of hydrogen-bond acceptors (Lipinski definition) is 4. The molecule has 32 heavy (non-hydrogen) atoms. The second-order valence-corrected chi connectivity index (χ2v) is 7.77. The van der Waals surface area contributed by atoms with Crippen LogP contribution in [0.2, 0.25) is 0 Å². The Morgan fingerprint density at radius 2 is 1.62 bits per heavy atom. The van der Waals surface area contributed by atoms with Crippen molar-refractivity contribution < 1.29 is 19.4 Å². The highest BCUT2D eigenvalue weighted by Crippen LogP contribution is 2.33. The number of benzene rings is 3. The van der Waals surface area contributed by atoms with Crippen molar-refractivity contribution >= 4 is 41.6 Å². The van der Waals surface area contributed by atoms with Gasteiger partial charge in [-0.3, -0.25) is 9.59 Å². The zero-order valence-corrected chi connectivity index (χ0v) is 18.2. The number of amides is 1. The third kappa shape index (κ3) is 4.99. The van der Waals surface area contributed by atoms with E-state index in [9.17, 15) is 9.59 Å². The number of ether oxygens (including phenoxy) is 1. The third-order valence-corrected chi connectivity index (χ3v) is 5.12. The fourth-order valence-corrected chi connectivity index (χ4v) is 3.39. The molecule has 0 aromatic heterocycles. The van der Waals surface area contributed by atoms with Gasteiger partial charge in [-0.2, -0.15) is 0 Å². The number of aliphatic carboxylic acids is 1. The Morgan fingerprint density at radius 1 is 1.03 bits per heavy atom. The lowest BCUT2D eigenvalue weighted by atomic mass is 9.94. The molecule has 1 heterocycles. The predicted octanol–water partition coefficient (Wildman–Crippen LogP) is 4.74. The van der Waals surface area contributed by atoms with Crippen LogP contribution < -0.4 is 15.8 Å². The zero-order chi connectivity index (χ0) is 22.0. The minimum Gasteiger partial charge on any atom is -0.480 e. The average molecular weight is 451 g/mol. The van der Waals surface area contributed by atoms with E-state index in [0.29, 0.717) is 17.1 Å². The van der Waals surface area contributed by atoms with Crippen LogP contribution in [-0.2, 0) is 16.0 Å². The number of nitrogens with two attached hydrogens (primary N) is 1. The van der Waals surface area contributed by atoms with Gasteiger partial charge in [0.05, 0.1) is 0 Å². The highest BCUT2D eigenvalue weighted by Gasteiger charge is 2.28. The minimum atomic E-state index is -1.32. The number of para-hydroxylation sites is 1. The van der Waals surface area contributed by atoms with Crippen LogP contribution in [0.1, 0.15) is 23.6 Å². The summed E-state index contributed by atoms with van der Waals surface area (Å²) in [5.41, 5.74) is 8.54. The molecule has 0 aliphatic carbocycles. The Bertz CT molecular complexity index is 1170. The lowest BCUT2D eigenvalue weighted by Crippen LogP contribution is -2.46. The van der Waals surface area contributed by atoms with Crippen molar-refractivity contribution in [2.75, 3.05) is 5.32 Å². The van der Waals surface area contributed by atoms with E-state index in [0.717, 1.165) is 22.4 Å². The molecule has 3 aromatic carbocycles. The van der Waals surface area contributed by atoms with E-state index >= 15 is 0 Å². The molecule has 0 saturated carbocycles. The molecule has 164 valence electrons. The van der Waals surface area contributed by atoms with Crippen molar-refractivity contribution in [3.63, 3.8) is 0 Å². The molecule has 1 unspecified atom stereocenters. The monoisotopic (exact) mass is 450 g/mol. The van der Waals surface area contributed by atoms with Crippen LogP contribution in [0.4, 0.5) is 5.69 Å². The van der Waals surface area contributed by atoms with Gasteiger partial charge in [0.2, 0.25) is 0 Å². The van der Waals surface area contributed by atoms with E-state index in [1.165, 1.54) is 6.92 Å². The topological polar surface area (TPSA) is 102 Å². The van der Waals surface area contributed by atoms with Gasteiger partial charge in [0.15, 0.2) is 0 Å². The number of halogens is 1. The molecule has 4 rings (SSSR count). The second-order valence-electron chi connectivity index (χ2n) is 7.77. The normalized spacial score (nSPS) is 15.3. The number of rotatable bonds is 6. The fraction of sp³-hybridized carbons (Fsp3) is 0.120. The number of hydrogen-bond donors (Lipinski definition) is 3. The molecule has 1 amide bonds. The lowest BCUT2D eigenvalue weighted by Gasteiger charge is -2.19. The number of carboxylic acid groups (broad SMARTS) is 1. The van der Waals surface area contributed by atoms with Gasteiger partial charge >= 0.3 is 5.97 Å². The molecule has 0 bridgehead atoms. The Labute approximate surface area is 192 Å². The molecule has 1 aliphatic rings. The number of nitrogens with one attached hydrogen (secondary N) is 1. The van der Waals surface area contributed by atoms with Crippen molar-refractivity contribution in [1.82, 2.24) is 0 Å². The van der Waals surface area contributed by atoms with Gasteiger partial charge in [-0.05, 0) is 54.5 Å². The minimum absolute atomic E-state index is 0. The Kier molecular flexibility index (Phi) is 6.67. The highest BCUT2D eigenvalue weighted by atomic mass is 35.5. The van der Waals surface area contributed by atoms with E-state index in [-0.39, 0.29) is 24.7 Å². The summed E-state index contributed by atoms with van der Waals surface area (Å²) in [5.74, 6) is 0.132. The van der Waals surface area contributed by atoms with Crippen LogP contribution in [-0.4, -0.2) is 22.5 Å². The Balaban J connectivity index is 0.00000289. The lowest BCUT2D eigenvalue weighted by molar-refractivity contribution is -0.142. The summed E-state index contributed by atoms with van der Waals surface area (Å²) < 4.78 is 5.87.